The molecule has 0 radical (unpaired) electrons. The SMILES string of the molecule is NCCN1CCN(CCN)CC1.O=P(O)(O)O. The number of nitrogens with zero attached hydrogens (tertiary/aromatic N) is 2. The second kappa shape index (κ2) is 8.96. The number of hydrogen-bond acceptors (Lipinski definition) is 5. The Morgan fingerprint density at radius 3 is 1.29 bits per heavy atom. The molecule has 7 N–H and O–H groups in total. The van der Waals surface area contributed by atoms with Gasteiger partial charge in [-0.15, -0.1) is 0 Å². The third kappa shape index (κ3) is 12.2. The van der Waals surface area contributed by atoms with Crippen LogP contribution in [-0.4, -0.2) is 76.8 Å². The summed E-state index contributed by atoms with van der Waals surface area (Å²) in [5.41, 5.74) is 11.0. The first-order chi connectivity index (χ1) is 7.86. The largest absolute Gasteiger partial charge is 0.466 e. The van der Waals surface area contributed by atoms with Crippen molar-refractivity contribution in [1.29, 1.82) is 0 Å². The van der Waals surface area contributed by atoms with E-state index in [1.54, 1.807) is 0 Å². The molecule has 1 rings (SSSR count). The van der Waals surface area contributed by atoms with Gasteiger partial charge in [-0.1, -0.05) is 0 Å². The van der Waals surface area contributed by atoms with Gasteiger partial charge in [-0.25, -0.2) is 4.57 Å². The van der Waals surface area contributed by atoms with Crippen molar-refractivity contribution in [2.45, 2.75) is 0 Å². The number of phosphoric acid groups is 1. The van der Waals surface area contributed by atoms with Crippen LogP contribution in [0.25, 0.3) is 0 Å². The molecule has 0 aromatic heterocycles. The van der Waals surface area contributed by atoms with Gasteiger partial charge in [0.25, 0.3) is 0 Å². The fourth-order valence-corrected chi connectivity index (χ4v) is 1.60. The summed E-state index contributed by atoms with van der Waals surface area (Å²) in [6.45, 7) is 8.23. The lowest BCUT2D eigenvalue weighted by atomic mass is 10.3. The van der Waals surface area contributed by atoms with E-state index in [2.05, 4.69) is 9.80 Å². The van der Waals surface area contributed by atoms with Crippen LogP contribution in [0.5, 0.6) is 0 Å². The fraction of sp³-hybridized carbons (Fsp3) is 1.00. The van der Waals surface area contributed by atoms with E-state index in [0.717, 1.165) is 52.4 Å². The zero-order valence-electron chi connectivity index (χ0n) is 9.90. The highest BCUT2D eigenvalue weighted by atomic mass is 31.2. The molecule has 1 aliphatic rings. The lowest BCUT2D eigenvalue weighted by Crippen LogP contribution is -2.48. The highest BCUT2D eigenvalue weighted by Crippen LogP contribution is 2.25. The van der Waals surface area contributed by atoms with Crippen LogP contribution in [0.15, 0.2) is 0 Å². The van der Waals surface area contributed by atoms with Crippen LogP contribution in [0.2, 0.25) is 0 Å². The van der Waals surface area contributed by atoms with Gasteiger partial charge in [0.05, 0.1) is 0 Å². The summed E-state index contributed by atoms with van der Waals surface area (Å²) >= 11 is 0. The summed E-state index contributed by atoms with van der Waals surface area (Å²) in [5, 5.41) is 0. The maximum Gasteiger partial charge on any atom is 0.466 e. The number of hydrogen-bond donors (Lipinski definition) is 5. The Balaban J connectivity index is 0.000000437. The van der Waals surface area contributed by atoms with Crippen molar-refractivity contribution in [2.24, 2.45) is 11.5 Å². The van der Waals surface area contributed by atoms with Crippen molar-refractivity contribution in [3.63, 3.8) is 0 Å². The van der Waals surface area contributed by atoms with Crippen molar-refractivity contribution in [1.82, 2.24) is 9.80 Å². The van der Waals surface area contributed by atoms with E-state index in [0.29, 0.717) is 0 Å². The van der Waals surface area contributed by atoms with Crippen LogP contribution < -0.4 is 11.5 Å². The van der Waals surface area contributed by atoms with Crippen LogP contribution in [0.3, 0.4) is 0 Å². The van der Waals surface area contributed by atoms with Gasteiger partial charge in [0.15, 0.2) is 0 Å². The molecule has 0 unspecified atom stereocenters. The summed E-state index contributed by atoms with van der Waals surface area (Å²) in [6, 6.07) is 0. The average molecular weight is 270 g/mol. The summed E-state index contributed by atoms with van der Waals surface area (Å²) in [6.07, 6.45) is 0. The molecule has 0 atom stereocenters. The topological polar surface area (TPSA) is 136 Å². The van der Waals surface area contributed by atoms with Gasteiger partial charge >= 0.3 is 7.82 Å². The zero-order valence-corrected chi connectivity index (χ0v) is 10.8. The lowest BCUT2D eigenvalue weighted by Gasteiger charge is -2.34. The minimum Gasteiger partial charge on any atom is -0.329 e. The highest BCUT2D eigenvalue weighted by molar-refractivity contribution is 7.45. The predicted molar refractivity (Wildman–Crippen MR) is 65.3 cm³/mol. The number of nitrogens with two attached hydrogens (primary N) is 2. The van der Waals surface area contributed by atoms with Crippen molar-refractivity contribution < 1.29 is 19.2 Å². The maximum absolute atomic E-state index is 8.88. The zero-order chi connectivity index (χ0) is 13.3. The minimum atomic E-state index is -4.64. The summed E-state index contributed by atoms with van der Waals surface area (Å²) in [7, 11) is -4.64. The van der Waals surface area contributed by atoms with E-state index in [1.807, 2.05) is 0 Å². The Morgan fingerprint density at radius 1 is 0.882 bits per heavy atom. The highest BCUT2D eigenvalue weighted by Gasteiger charge is 2.14. The van der Waals surface area contributed by atoms with Gasteiger partial charge in [-0.3, -0.25) is 9.80 Å². The first-order valence-corrected chi connectivity index (χ1v) is 7.06. The molecule has 17 heavy (non-hydrogen) atoms. The van der Waals surface area contributed by atoms with E-state index < -0.39 is 7.82 Å². The fourth-order valence-electron chi connectivity index (χ4n) is 1.60. The van der Waals surface area contributed by atoms with Crippen molar-refractivity contribution in [2.75, 3.05) is 52.4 Å². The second-order valence-corrected chi connectivity index (χ2v) is 4.80. The van der Waals surface area contributed by atoms with Crippen LogP contribution >= 0.6 is 7.82 Å². The molecule has 1 fully saturated rings. The molecule has 0 aromatic rings. The summed E-state index contributed by atoms with van der Waals surface area (Å²) in [4.78, 5) is 26.4. The smallest absolute Gasteiger partial charge is 0.329 e. The van der Waals surface area contributed by atoms with E-state index in [9.17, 15) is 0 Å². The Bertz CT molecular complexity index is 207. The molecule has 1 aliphatic heterocycles. The van der Waals surface area contributed by atoms with Crippen LogP contribution in [0.1, 0.15) is 0 Å². The Morgan fingerprint density at radius 2 is 1.12 bits per heavy atom. The van der Waals surface area contributed by atoms with E-state index >= 15 is 0 Å². The second-order valence-electron chi connectivity index (χ2n) is 3.77. The molecule has 0 saturated carbocycles. The quantitative estimate of drug-likeness (QED) is 0.356. The number of piperazine rings is 1. The summed E-state index contributed by atoms with van der Waals surface area (Å²) < 4.78 is 8.88. The van der Waals surface area contributed by atoms with Gasteiger partial charge in [0.1, 0.15) is 0 Å². The lowest BCUT2D eigenvalue weighted by molar-refractivity contribution is 0.138. The average Bonchev–Trinajstić information content (AvgIpc) is 2.19. The molecule has 1 heterocycles. The molecule has 0 bridgehead atoms. The van der Waals surface area contributed by atoms with E-state index in [4.69, 9.17) is 30.7 Å². The molecule has 0 spiro atoms. The van der Waals surface area contributed by atoms with Crippen molar-refractivity contribution in [3.8, 4) is 0 Å². The molecule has 0 amide bonds. The molecule has 9 heteroatoms. The molecule has 0 aliphatic carbocycles. The number of rotatable bonds is 4. The molecule has 0 aromatic carbocycles. The van der Waals surface area contributed by atoms with Gasteiger partial charge in [-0.2, -0.15) is 0 Å². The van der Waals surface area contributed by atoms with Gasteiger partial charge < -0.3 is 26.1 Å². The monoisotopic (exact) mass is 270 g/mol. The van der Waals surface area contributed by atoms with Gasteiger partial charge in [-0.05, 0) is 0 Å². The minimum absolute atomic E-state index is 0.775. The Labute approximate surface area is 101 Å². The van der Waals surface area contributed by atoms with E-state index in [1.165, 1.54) is 0 Å². The Hall–Kier alpha value is -0.0500. The van der Waals surface area contributed by atoms with E-state index in [-0.39, 0.29) is 0 Å². The van der Waals surface area contributed by atoms with Gasteiger partial charge in [0.2, 0.25) is 0 Å². The molecule has 1 saturated heterocycles. The molecule has 8 nitrogen and oxygen atoms in total. The van der Waals surface area contributed by atoms with Crippen LogP contribution in [-0.2, 0) is 4.57 Å². The third-order valence-electron chi connectivity index (χ3n) is 2.36. The maximum atomic E-state index is 8.88. The molecular weight excluding hydrogens is 247 g/mol. The van der Waals surface area contributed by atoms with Crippen LogP contribution in [0, 0.1) is 0 Å². The normalized spacial score (nSPS) is 18.6. The Kier molecular flexibility index (Phi) is 8.93. The first kappa shape index (κ1) is 16.9. The molecule has 104 valence electrons. The summed E-state index contributed by atoms with van der Waals surface area (Å²) in [5.74, 6) is 0. The third-order valence-corrected chi connectivity index (χ3v) is 2.36. The standard InChI is InChI=1S/C8H20N4.H3O4P/c9-1-3-11-5-7-12(4-2-10)8-6-11;1-5(2,3)4/h1-10H2;(H3,1,2,3,4). The van der Waals surface area contributed by atoms with Gasteiger partial charge in [0, 0.05) is 52.4 Å². The van der Waals surface area contributed by atoms with Crippen molar-refractivity contribution in [3.05, 3.63) is 0 Å². The predicted octanol–water partition coefficient (Wildman–Crippen LogP) is -2.41. The van der Waals surface area contributed by atoms with Crippen molar-refractivity contribution >= 4 is 7.82 Å². The first-order valence-electron chi connectivity index (χ1n) is 5.50. The van der Waals surface area contributed by atoms with Crippen LogP contribution in [0.4, 0.5) is 0 Å². The molecular formula is C8H23N4O4P.